The molecule has 1 heterocycles. The molecule has 1 aromatic heterocycles. The Balaban J connectivity index is 0. The molecular weight excluding hydrogens is 194 g/mol. The molecule has 1 rings (SSSR count). The summed E-state index contributed by atoms with van der Waals surface area (Å²) in [5.41, 5.74) is 0. The van der Waals surface area contributed by atoms with Gasteiger partial charge in [-0.05, 0) is 0 Å². The summed E-state index contributed by atoms with van der Waals surface area (Å²) in [6.45, 7) is 0.0286. The zero-order valence-electron chi connectivity index (χ0n) is 6.93. The molecule has 0 fully saturated rings. The SMILES string of the molecule is NN.O=C(O)C[n+]1ccccc1.[Cl-]. The normalized spacial score (nSPS) is 7.54. The maximum absolute atomic E-state index is 10.1. The van der Waals surface area contributed by atoms with Crippen molar-refractivity contribution in [3.63, 3.8) is 0 Å². The van der Waals surface area contributed by atoms with Crippen LogP contribution in [0.4, 0.5) is 0 Å². The van der Waals surface area contributed by atoms with Crippen LogP contribution in [0.25, 0.3) is 0 Å². The molecule has 0 aromatic carbocycles. The number of hydrogen-bond donors (Lipinski definition) is 3. The predicted molar refractivity (Wildman–Crippen MR) is 42.6 cm³/mol. The zero-order valence-corrected chi connectivity index (χ0v) is 7.69. The van der Waals surface area contributed by atoms with E-state index < -0.39 is 5.97 Å². The van der Waals surface area contributed by atoms with Crippen LogP contribution in [0.5, 0.6) is 0 Å². The average molecular weight is 206 g/mol. The molecule has 0 aliphatic rings. The molecule has 0 saturated heterocycles. The van der Waals surface area contributed by atoms with Crippen LogP contribution in [0.15, 0.2) is 30.6 Å². The van der Waals surface area contributed by atoms with Gasteiger partial charge in [-0.2, -0.15) is 4.57 Å². The summed E-state index contributed by atoms with van der Waals surface area (Å²) < 4.78 is 1.60. The second-order valence-corrected chi connectivity index (χ2v) is 1.94. The molecule has 74 valence electrons. The first-order valence-corrected chi connectivity index (χ1v) is 3.28. The second-order valence-electron chi connectivity index (χ2n) is 1.94. The van der Waals surface area contributed by atoms with E-state index in [1.54, 1.807) is 29.1 Å². The van der Waals surface area contributed by atoms with Gasteiger partial charge in [0.2, 0.25) is 6.54 Å². The summed E-state index contributed by atoms with van der Waals surface area (Å²) in [6, 6.07) is 5.43. The van der Waals surface area contributed by atoms with Crippen LogP contribution >= 0.6 is 0 Å². The van der Waals surface area contributed by atoms with Gasteiger partial charge in [-0.15, -0.1) is 0 Å². The number of hydrazine groups is 1. The van der Waals surface area contributed by atoms with Crippen molar-refractivity contribution < 1.29 is 26.9 Å². The van der Waals surface area contributed by atoms with Gasteiger partial charge < -0.3 is 17.5 Å². The third-order valence-electron chi connectivity index (χ3n) is 1.10. The van der Waals surface area contributed by atoms with Crippen LogP contribution < -0.4 is 28.7 Å². The van der Waals surface area contributed by atoms with Gasteiger partial charge in [-0.3, -0.25) is 11.7 Å². The Morgan fingerprint density at radius 1 is 1.23 bits per heavy atom. The van der Waals surface area contributed by atoms with E-state index in [0.717, 1.165) is 0 Å². The highest BCUT2D eigenvalue weighted by Crippen LogP contribution is 1.76. The molecule has 1 aromatic rings. The topological polar surface area (TPSA) is 93.2 Å². The first-order valence-electron chi connectivity index (χ1n) is 3.28. The third-order valence-corrected chi connectivity index (χ3v) is 1.10. The van der Waals surface area contributed by atoms with Gasteiger partial charge in [0.05, 0.1) is 0 Å². The number of rotatable bonds is 2. The van der Waals surface area contributed by atoms with E-state index in [2.05, 4.69) is 11.7 Å². The molecule has 0 aliphatic carbocycles. The number of hydrogen-bond acceptors (Lipinski definition) is 3. The van der Waals surface area contributed by atoms with E-state index in [1.165, 1.54) is 0 Å². The molecule has 0 atom stereocenters. The van der Waals surface area contributed by atoms with Crippen molar-refractivity contribution in [2.45, 2.75) is 6.54 Å². The molecule has 6 heteroatoms. The number of nitrogens with zero attached hydrogens (tertiary/aromatic N) is 1. The van der Waals surface area contributed by atoms with Gasteiger partial charge in [0, 0.05) is 12.1 Å². The van der Waals surface area contributed by atoms with E-state index in [1.807, 2.05) is 6.07 Å². The van der Waals surface area contributed by atoms with Crippen LogP contribution in [0.2, 0.25) is 0 Å². The van der Waals surface area contributed by atoms with Crippen LogP contribution in [0, 0.1) is 0 Å². The summed E-state index contributed by atoms with van der Waals surface area (Å²) in [7, 11) is 0. The Labute approximate surface area is 82.4 Å². The van der Waals surface area contributed by atoms with E-state index in [9.17, 15) is 4.79 Å². The first-order chi connectivity index (χ1) is 5.79. The molecule has 0 amide bonds. The molecule has 0 radical (unpaired) electrons. The Bertz CT molecular complexity index is 230. The molecule has 5 nitrogen and oxygen atoms in total. The fourth-order valence-electron chi connectivity index (χ4n) is 0.696. The number of pyridine rings is 1. The fraction of sp³-hybridized carbons (Fsp3) is 0.143. The monoisotopic (exact) mass is 205 g/mol. The lowest BCUT2D eigenvalue weighted by molar-refractivity contribution is -0.685. The Kier molecular flexibility index (Phi) is 9.86. The van der Waals surface area contributed by atoms with E-state index in [4.69, 9.17) is 5.11 Å². The number of aliphatic carboxylic acids is 1. The molecule has 0 aliphatic heterocycles. The molecule has 5 N–H and O–H groups in total. The maximum Gasteiger partial charge on any atom is 0.370 e. The smallest absolute Gasteiger partial charge is 0.370 e. The molecule has 0 spiro atoms. The van der Waals surface area contributed by atoms with Crippen molar-refractivity contribution in [1.29, 1.82) is 0 Å². The largest absolute Gasteiger partial charge is 1.00 e. The lowest BCUT2D eigenvalue weighted by Gasteiger charge is -1.87. The van der Waals surface area contributed by atoms with Gasteiger partial charge in [0.25, 0.3) is 0 Å². The molecule has 13 heavy (non-hydrogen) atoms. The van der Waals surface area contributed by atoms with Crippen LogP contribution in [-0.4, -0.2) is 11.1 Å². The minimum Gasteiger partial charge on any atom is -1.00 e. The number of halogens is 1. The Morgan fingerprint density at radius 3 is 2.08 bits per heavy atom. The van der Waals surface area contributed by atoms with Crippen molar-refractivity contribution in [3.8, 4) is 0 Å². The number of nitrogens with two attached hydrogens (primary N) is 2. The Hall–Kier alpha value is -1.17. The average Bonchev–Trinajstić information content (AvgIpc) is 2.08. The highest BCUT2D eigenvalue weighted by Gasteiger charge is 2.03. The lowest BCUT2D eigenvalue weighted by atomic mass is 10.5. The highest BCUT2D eigenvalue weighted by molar-refractivity contribution is 5.64. The molecule has 0 bridgehead atoms. The van der Waals surface area contributed by atoms with Crippen LogP contribution in [0.1, 0.15) is 0 Å². The Morgan fingerprint density at radius 2 is 1.69 bits per heavy atom. The van der Waals surface area contributed by atoms with Gasteiger partial charge in [-0.1, -0.05) is 6.07 Å². The first kappa shape index (κ1) is 14.4. The summed E-state index contributed by atoms with van der Waals surface area (Å²) >= 11 is 0. The van der Waals surface area contributed by atoms with Crippen molar-refractivity contribution >= 4 is 5.97 Å². The lowest BCUT2D eigenvalue weighted by Crippen LogP contribution is -3.00. The molecular formula is C7H12ClN3O2. The van der Waals surface area contributed by atoms with Gasteiger partial charge in [-0.25, -0.2) is 4.79 Å². The van der Waals surface area contributed by atoms with Gasteiger partial charge >= 0.3 is 5.97 Å². The number of carbonyl (C=O) groups is 1. The summed E-state index contributed by atoms with van der Waals surface area (Å²) in [6.07, 6.45) is 3.43. The van der Waals surface area contributed by atoms with Crippen LogP contribution in [0.3, 0.4) is 0 Å². The predicted octanol–water partition coefficient (Wildman–Crippen LogP) is -4.12. The fourth-order valence-corrected chi connectivity index (χ4v) is 0.696. The van der Waals surface area contributed by atoms with Crippen molar-refractivity contribution in [2.24, 2.45) is 11.7 Å². The van der Waals surface area contributed by atoms with E-state index in [0.29, 0.717) is 0 Å². The summed E-state index contributed by atoms with van der Waals surface area (Å²) in [5, 5.41) is 8.35. The number of aromatic nitrogens is 1. The minimum atomic E-state index is -0.823. The maximum atomic E-state index is 10.1. The molecule has 0 unspecified atom stereocenters. The van der Waals surface area contributed by atoms with Crippen LogP contribution in [-0.2, 0) is 11.3 Å². The second kappa shape index (κ2) is 8.92. The third kappa shape index (κ3) is 7.20. The van der Waals surface area contributed by atoms with Gasteiger partial charge in [0.15, 0.2) is 12.4 Å². The standard InChI is InChI=1S/C7H7NO2.ClH.H4N2/c9-7(10)6-8-4-2-1-3-5-8;;1-2/h1-5H,6H2;1H;1-2H2. The summed E-state index contributed by atoms with van der Waals surface area (Å²) in [5.74, 6) is 7.18. The minimum absolute atomic E-state index is 0. The number of carboxylic acid groups (broad SMARTS) is 1. The van der Waals surface area contributed by atoms with Gasteiger partial charge in [0.1, 0.15) is 0 Å². The van der Waals surface area contributed by atoms with E-state index in [-0.39, 0.29) is 19.0 Å². The zero-order chi connectivity index (χ0) is 9.40. The van der Waals surface area contributed by atoms with Crippen molar-refractivity contribution in [1.82, 2.24) is 0 Å². The molecule has 0 saturated carbocycles. The quantitative estimate of drug-likeness (QED) is 0.260. The van der Waals surface area contributed by atoms with E-state index >= 15 is 0 Å². The summed E-state index contributed by atoms with van der Waals surface area (Å²) in [4.78, 5) is 10.1. The highest BCUT2D eigenvalue weighted by atomic mass is 35.5. The van der Waals surface area contributed by atoms with Crippen molar-refractivity contribution in [2.75, 3.05) is 0 Å². The van der Waals surface area contributed by atoms with Crippen molar-refractivity contribution in [3.05, 3.63) is 30.6 Å². The number of carboxylic acids is 1.